The van der Waals surface area contributed by atoms with Gasteiger partial charge in [0.15, 0.2) is 18.9 Å². The average Bonchev–Trinajstić information content (AvgIpc) is 2.72. The third-order valence-corrected chi connectivity index (χ3v) is 5.71. The van der Waals surface area contributed by atoms with Crippen LogP contribution in [-0.4, -0.2) is 0 Å². The third kappa shape index (κ3) is 9.53. The Morgan fingerprint density at radius 3 is 1.57 bits per heavy atom. The molecule has 0 spiro atoms. The Bertz CT molecular complexity index is 612. The van der Waals surface area contributed by atoms with Crippen molar-refractivity contribution < 1.29 is 4.57 Å². The summed E-state index contributed by atoms with van der Waals surface area (Å²) < 4.78 is 2.27. The lowest BCUT2D eigenvalue weighted by molar-refractivity contribution is -0.688. The van der Waals surface area contributed by atoms with E-state index in [1.165, 1.54) is 100 Å². The number of nitrogens with zero attached hydrogens (tertiary/aromatic N) is 1. The summed E-state index contributed by atoms with van der Waals surface area (Å²) in [5.41, 5.74) is 4.32. The zero-order valence-corrected chi connectivity index (χ0v) is 18.5. The molecule has 0 radical (unpaired) electrons. The van der Waals surface area contributed by atoms with Crippen molar-refractivity contribution in [3.8, 4) is 0 Å². The molecule has 0 atom stereocenters. The van der Waals surface area contributed by atoms with Crippen LogP contribution in [0.5, 0.6) is 0 Å². The fourth-order valence-corrected chi connectivity index (χ4v) is 3.89. The standard InChI is InChI=1S/C27H42N/c1-3-5-6-7-8-9-10-11-12-13-15-26-16-18-27(19-17-26)24-28-22-20-25(14-4-2)21-23-28/h16-23H,3-15,24H2,1-2H3/q+1. The van der Waals surface area contributed by atoms with E-state index in [0.29, 0.717) is 0 Å². The minimum absolute atomic E-state index is 0.963. The Labute approximate surface area is 174 Å². The molecule has 0 bridgehead atoms. The number of rotatable bonds is 15. The molecule has 0 aliphatic carbocycles. The molecule has 2 aromatic rings. The van der Waals surface area contributed by atoms with E-state index >= 15 is 0 Å². The van der Waals surface area contributed by atoms with E-state index < -0.39 is 0 Å². The van der Waals surface area contributed by atoms with Gasteiger partial charge >= 0.3 is 0 Å². The fraction of sp³-hybridized carbons (Fsp3) is 0.593. The van der Waals surface area contributed by atoms with Gasteiger partial charge in [0, 0.05) is 17.7 Å². The molecular formula is C27H42N+. The van der Waals surface area contributed by atoms with E-state index in [1.54, 1.807) is 0 Å². The zero-order valence-electron chi connectivity index (χ0n) is 18.5. The maximum atomic E-state index is 2.33. The van der Waals surface area contributed by atoms with E-state index in [0.717, 1.165) is 6.54 Å². The molecule has 0 saturated carbocycles. The van der Waals surface area contributed by atoms with Gasteiger partial charge in [-0.3, -0.25) is 0 Å². The molecule has 0 amide bonds. The summed E-state index contributed by atoms with van der Waals surface area (Å²) in [6, 6.07) is 13.8. The van der Waals surface area contributed by atoms with Crippen LogP contribution in [0.2, 0.25) is 0 Å². The summed E-state index contributed by atoms with van der Waals surface area (Å²) in [6.45, 7) is 5.49. The van der Waals surface area contributed by atoms with Crippen LogP contribution in [0, 0.1) is 0 Å². The number of aryl methyl sites for hydroxylation is 2. The van der Waals surface area contributed by atoms with Gasteiger partial charge in [-0.1, -0.05) is 102 Å². The van der Waals surface area contributed by atoms with E-state index in [1.807, 2.05) is 0 Å². The second-order valence-corrected chi connectivity index (χ2v) is 8.38. The van der Waals surface area contributed by atoms with Gasteiger partial charge in [0.2, 0.25) is 0 Å². The molecule has 0 unspecified atom stereocenters. The van der Waals surface area contributed by atoms with Gasteiger partial charge in [0.1, 0.15) is 0 Å². The Morgan fingerprint density at radius 1 is 0.500 bits per heavy atom. The van der Waals surface area contributed by atoms with Gasteiger partial charge in [-0.25, -0.2) is 4.57 Å². The molecule has 0 N–H and O–H groups in total. The van der Waals surface area contributed by atoms with E-state index in [9.17, 15) is 0 Å². The van der Waals surface area contributed by atoms with E-state index in [-0.39, 0.29) is 0 Å². The SMILES string of the molecule is CCCCCCCCCCCCc1ccc(C[n+]2ccc(CCC)cc2)cc1. The Hall–Kier alpha value is -1.63. The first-order valence-electron chi connectivity index (χ1n) is 11.9. The quantitative estimate of drug-likeness (QED) is 0.223. The first-order valence-corrected chi connectivity index (χ1v) is 11.9. The lowest BCUT2D eigenvalue weighted by Crippen LogP contribution is -2.33. The van der Waals surface area contributed by atoms with Crippen molar-refractivity contribution in [2.75, 3.05) is 0 Å². The summed E-state index contributed by atoms with van der Waals surface area (Å²) in [6.07, 6.45) is 22.1. The van der Waals surface area contributed by atoms with Crippen LogP contribution < -0.4 is 4.57 Å². The molecule has 0 fully saturated rings. The molecule has 0 aliphatic rings. The van der Waals surface area contributed by atoms with Crippen LogP contribution in [0.4, 0.5) is 0 Å². The molecule has 154 valence electrons. The van der Waals surface area contributed by atoms with Crippen molar-refractivity contribution in [3.05, 3.63) is 65.5 Å². The lowest BCUT2D eigenvalue weighted by Gasteiger charge is -2.04. The summed E-state index contributed by atoms with van der Waals surface area (Å²) in [4.78, 5) is 0. The smallest absolute Gasteiger partial charge is 0.173 e. The Morgan fingerprint density at radius 2 is 1.00 bits per heavy atom. The summed E-state index contributed by atoms with van der Waals surface area (Å²) in [5, 5.41) is 0. The van der Waals surface area contributed by atoms with Crippen LogP contribution in [0.1, 0.15) is 101 Å². The van der Waals surface area contributed by atoms with E-state index in [2.05, 4.69) is 67.2 Å². The highest BCUT2D eigenvalue weighted by atomic mass is 14.9. The number of hydrogen-bond donors (Lipinski definition) is 0. The number of hydrogen-bond acceptors (Lipinski definition) is 0. The normalized spacial score (nSPS) is 11.1. The highest BCUT2D eigenvalue weighted by molar-refractivity contribution is 5.22. The minimum atomic E-state index is 0.963. The number of aromatic nitrogens is 1. The summed E-state index contributed by atoms with van der Waals surface area (Å²) in [7, 11) is 0. The van der Waals surface area contributed by atoms with Crippen molar-refractivity contribution in [2.24, 2.45) is 0 Å². The van der Waals surface area contributed by atoms with Crippen LogP contribution in [0.15, 0.2) is 48.8 Å². The Balaban J connectivity index is 1.58. The summed E-state index contributed by atoms with van der Waals surface area (Å²) in [5.74, 6) is 0. The van der Waals surface area contributed by atoms with Gasteiger partial charge in [-0.15, -0.1) is 0 Å². The topological polar surface area (TPSA) is 3.88 Å². The highest BCUT2D eigenvalue weighted by Crippen LogP contribution is 2.13. The maximum Gasteiger partial charge on any atom is 0.173 e. The van der Waals surface area contributed by atoms with Gasteiger partial charge in [0.05, 0.1) is 0 Å². The minimum Gasteiger partial charge on any atom is -0.201 e. The molecule has 0 aliphatic heterocycles. The van der Waals surface area contributed by atoms with Crippen molar-refractivity contribution in [1.29, 1.82) is 0 Å². The first kappa shape index (κ1) is 22.7. The van der Waals surface area contributed by atoms with E-state index in [4.69, 9.17) is 0 Å². The molecule has 1 aromatic heterocycles. The van der Waals surface area contributed by atoms with Crippen LogP contribution >= 0.6 is 0 Å². The molecule has 1 nitrogen and oxygen atoms in total. The van der Waals surface area contributed by atoms with Gasteiger partial charge in [0.25, 0.3) is 0 Å². The predicted molar refractivity (Wildman–Crippen MR) is 122 cm³/mol. The number of unbranched alkanes of at least 4 members (excludes halogenated alkanes) is 9. The second-order valence-electron chi connectivity index (χ2n) is 8.38. The third-order valence-electron chi connectivity index (χ3n) is 5.71. The van der Waals surface area contributed by atoms with Crippen molar-refractivity contribution >= 4 is 0 Å². The van der Waals surface area contributed by atoms with Crippen molar-refractivity contribution in [3.63, 3.8) is 0 Å². The molecule has 2 rings (SSSR count). The van der Waals surface area contributed by atoms with Gasteiger partial charge in [-0.05, 0) is 30.4 Å². The molecule has 1 aromatic carbocycles. The fourth-order valence-electron chi connectivity index (χ4n) is 3.89. The average molecular weight is 381 g/mol. The van der Waals surface area contributed by atoms with Crippen LogP contribution in [0.3, 0.4) is 0 Å². The molecule has 1 heterocycles. The number of pyridine rings is 1. The molecule has 28 heavy (non-hydrogen) atoms. The maximum absolute atomic E-state index is 2.33. The predicted octanol–water partition coefficient (Wildman–Crippen LogP) is 7.44. The van der Waals surface area contributed by atoms with Crippen LogP contribution in [0.25, 0.3) is 0 Å². The lowest BCUT2D eigenvalue weighted by atomic mass is 10.0. The van der Waals surface area contributed by atoms with Crippen molar-refractivity contribution in [1.82, 2.24) is 0 Å². The zero-order chi connectivity index (χ0) is 19.9. The second kappa shape index (κ2) is 14.4. The number of benzene rings is 1. The molecule has 1 heteroatoms. The molecular weight excluding hydrogens is 338 g/mol. The monoisotopic (exact) mass is 380 g/mol. The largest absolute Gasteiger partial charge is 0.201 e. The first-order chi connectivity index (χ1) is 13.8. The van der Waals surface area contributed by atoms with Crippen LogP contribution in [-0.2, 0) is 19.4 Å². The molecule has 0 saturated heterocycles. The van der Waals surface area contributed by atoms with Crippen molar-refractivity contribution in [2.45, 2.75) is 104 Å². The summed E-state index contributed by atoms with van der Waals surface area (Å²) >= 11 is 0. The van der Waals surface area contributed by atoms with Gasteiger partial charge in [-0.2, -0.15) is 0 Å². The van der Waals surface area contributed by atoms with Gasteiger partial charge < -0.3 is 0 Å². The Kier molecular flexibility index (Phi) is 11.6. The highest BCUT2D eigenvalue weighted by Gasteiger charge is 2.03.